The molecule has 1 heterocycles. The lowest BCUT2D eigenvalue weighted by atomic mass is 9.78. The minimum atomic E-state index is -1.18. The van der Waals surface area contributed by atoms with Crippen LogP contribution in [0.15, 0.2) is 48.0 Å². The van der Waals surface area contributed by atoms with Crippen LogP contribution in [0, 0.1) is 12.7 Å². The van der Waals surface area contributed by atoms with Crippen LogP contribution in [0.5, 0.6) is 0 Å². The summed E-state index contributed by atoms with van der Waals surface area (Å²) >= 11 is 1.58. The van der Waals surface area contributed by atoms with Gasteiger partial charge in [-0.3, -0.25) is 4.79 Å². The van der Waals surface area contributed by atoms with Crippen molar-refractivity contribution in [2.75, 3.05) is 0 Å². The lowest BCUT2D eigenvalue weighted by molar-refractivity contribution is -0.141. The molecule has 25 heavy (non-hydrogen) atoms. The number of carbonyl (C=O) groups is 1. The molecule has 5 heteroatoms. The minimum absolute atomic E-state index is 0.371. The third kappa shape index (κ3) is 2.46. The number of fused-ring (bicyclic) bond motifs is 1. The van der Waals surface area contributed by atoms with Crippen molar-refractivity contribution in [3.05, 3.63) is 70.5 Å². The summed E-state index contributed by atoms with van der Waals surface area (Å²) in [5.74, 6) is -1.31. The molecular weight excluding hydrogens is 337 g/mol. The molecule has 0 amide bonds. The Morgan fingerprint density at radius 1 is 1.32 bits per heavy atom. The molecule has 1 aliphatic rings. The molecule has 0 radical (unpaired) electrons. The number of hydrogen-bond acceptors (Lipinski definition) is 3. The van der Waals surface area contributed by atoms with Crippen molar-refractivity contribution in [3.8, 4) is 0 Å². The maximum absolute atomic E-state index is 14.0. The van der Waals surface area contributed by atoms with E-state index >= 15 is 0 Å². The zero-order chi connectivity index (χ0) is 17.6. The third-order valence-corrected chi connectivity index (χ3v) is 5.85. The van der Waals surface area contributed by atoms with Gasteiger partial charge in [0.1, 0.15) is 11.2 Å². The van der Waals surface area contributed by atoms with Gasteiger partial charge in [-0.1, -0.05) is 24.3 Å². The van der Waals surface area contributed by atoms with Crippen molar-refractivity contribution < 1.29 is 14.3 Å². The van der Waals surface area contributed by atoms with Gasteiger partial charge in [0.05, 0.1) is 15.7 Å². The van der Waals surface area contributed by atoms with Gasteiger partial charge in [-0.15, -0.1) is 11.3 Å². The number of allylic oxidation sites excluding steroid dienone is 1. The molecule has 3 nitrogen and oxygen atoms in total. The Hall–Kier alpha value is -2.53. The number of nitrogens with zero attached hydrogens (tertiary/aromatic N) is 1. The minimum Gasteiger partial charge on any atom is -0.480 e. The van der Waals surface area contributed by atoms with E-state index in [9.17, 15) is 14.3 Å². The Labute approximate surface area is 148 Å². The quantitative estimate of drug-likeness (QED) is 0.725. The van der Waals surface area contributed by atoms with Crippen LogP contribution in [0.3, 0.4) is 0 Å². The number of rotatable bonds is 3. The average molecular weight is 353 g/mol. The molecule has 4 rings (SSSR count). The molecular formula is C20H16FNO2S. The largest absolute Gasteiger partial charge is 0.480 e. The fourth-order valence-electron chi connectivity index (χ4n) is 3.65. The Kier molecular flexibility index (Phi) is 3.69. The maximum Gasteiger partial charge on any atom is 0.318 e. The van der Waals surface area contributed by atoms with Crippen molar-refractivity contribution in [1.29, 1.82) is 0 Å². The van der Waals surface area contributed by atoms with Crippen LogP contribution in [0.2, 0.25) is 0 Å². The first-order valence-electron chi connectivity index (χ1n) is 8.05. The highest BCUT2D eigenvalue weighted by molar-refractivity contribution is 7.16. The average Bonchev–Trinajstić information content (AvgIpc) is 3.24. The molecule has 0 fully saturated rings. The summed E-state index contributed by atoms with van der Waals surface area (Å²) in [7, 11) is 0. The fraction of sp³-hybridized carbons (Fsp3) is 0.200. The Morgan fingerprint density at radius 2 is 2.16 bits per heavy atom. The molecule has 1 N–H and O–H groups in total. The molecule has 1 unspecified atom stereocenters. The van der Waals surface area contributed by atoms with Crippen LogP contribution in [0.4, 0.5) is 4.39 Å². The third-order valence-electron chi connectivity index (χ3n) is 5.04. The van der Waals surface area contributed by atoms with Crippen LogP contribution >= 0.6 is 11.3 Å². The van der Waals surface area contributed by atoms with E-state index in [1.165, 1.54) is 6.07 Å². The Balaban J connectivity index is 1.85. The van der Waals surface area contributed by atoms with Crippen molar-refractivity contribution in [1.82, 2.24) is 4.98 Å². The van der Waals surface area contributed by atoms with Gasteiger partial charge in [0, 0.05) is 0 Å². The smallest absolute Gasteiger partial charge is 0.318 e. The molecule has 126 valence electrons. The number of aromatic nitrogens is 1. The van der Waals surface area contributed by atoms with Crippen molar-refractivity contribution in [2.45, 2.75) is 25.2 Å². The van der Waals surface area contributed by atoms with Crippen molar-refractivity contribution >= 4 is 33.1 Å². The first-order valence-corrected chi connectivity index (χ1v) is 8.93. The number of halogens is 1. The summed E-state index contributed by atoms with van der Waals surface area (Å²) in [5.41, 5.74) is 4.42. The topological polar surface area (TPSA) is 50.2 Å². The highest BCUT2D eigenvalue weighted by Crippen LogP contribution is 2.44. The highest BCUT2D eigenvalue weighted by Gasteiger charge is 2.43. The lowest BCUT2D eigenvalue weighted by Gasteiger charge is -2.24. The predicted molar refractivity (Wildman–Crippen MR) is 97.3 cm³/mol. The lowest BCUT2D eigenvalue weighted by Crippen LogP contribution is -2.32. The van der Waals surface area contributed by atoms with Gasteiger partial charge in [-0.05, 0) is 60.2 Å². The molecule has 0 saturated heterocycles. The fourth-order valence-corrected chi connectivity index (χ4v) is 4.30. The van der Waals surface area contributed by atoms with E-state index in [0.717, 1.165) is 21.4 Å². The number of hydrogen-bond donors (Lipinski definition) is 1. The normalized spacial score (nSPS) is 20.0. The number of aliphatic carboxylic acids is 1. The summed E-state index contributed by atoms with van der Waals surface area (Å²) in [5, 5.41) is 9.96. The number of benzene rings is 2. The zero-order valence-electron chi connectivity index (χ0n) is 13.6. The van der Waals surface area contributed by atoms with Gasteiger partial charge in [-0.25, -0.2) is 9.37 Å². The van der Waals surface area contributed by atoms with E-state index in [4.69, 9.17) is 0 Å². The van der Waals surface area contributed by atoms with Gasteiger partial charge in [-0.2, -0.15) is 0 Å². The summed E-state index contributed by atoms with van der Waals surface area (Å²) in [6, 6.07) is 10.7. The van der Waals surface area contributed by atoms with Crippen LogP contribution in [-0.4, -0.2) is 16.1 Å². The molecule has 3 aromatic rings. The molecule has 0 saturated carbocycles. The molecule has 0 bridgehead atoms. The van der Waals surface area contributed by atoms with Crippen molar-refractivity contribution in [2.24, 2.45) is 0 Å². The van der Waals surface area contributed by atoms with Crippen LogP contribution in [0.25, 0.3) is 15.8 Å². The van der Waals surface area contributed by atoms with Gasteiger partial charge in [0.25, 0.3) is 0 Å². The molecule has 1 aromatic heterocycles. The summed E-state index contributed by atoms with van der Waals surface area (Å²) in [4.78, 5) is 16.5. The summed E-state index contributed by atoms with van der Waals surface area (Å²) in [6.07, 6.45) is 2.86. The number of carboxylic acids is 1. The number of thiazole rings is 1. The Morgan fingerprint density at radius 3 is 2.96 bits per heavy atom. The van der Waals surface area contributed by atoms with Gasteiger partial charge in [0.15, 0.2) is 0 Å². The molecule has 0 aliphatic heterocycles. The second-order valence-corrected chi connectivity index (χ2v) is 7.28. The van der Waals surface area contributed by atoms with Gasteiger partial charge in [0.2, 0.25) is 0 Å². The second kappa shape index (κ2) is 5.77. The molecule has 2 aromatic carbocycles. The standard InChI is InChI=1S/C20H16FNO2S/c1-12-15(3-2-4-16(12)21)20(19(23)24)8-7-14(10-20)13-5-6-18-17(9-13)22-11-25-18/h2-6,9-11H,7-8H2,1H3,(H,23,24). The molecule has 0 spiro atoms. The van der Waals surface area contributed by atoms with Crippen LogP contribution in [0.1, 0.15) is 29.5 Å². The van der Waals surface area contributed by atoms with Gasteiger partial charge < -0.3 is 5.11 Å². The van der Waals surface area contributed by atoms with E-state index in [-0.39, 0.29) is 5.82 Å². The van der Waals surface area contributed by atoms with E-state index in [1.807, 2.05) is 18.2 Å². The molecule has 1 aliphatic carbocycles. The number of carboxylic acid groups (broad SMARTS) is 1. The first-order chi connectivity index (χ1) is 12.0. The summed E-state index contributed by atoms with van der Waals surface area (Å²) in [6.45, 7) is 1.64. The first kappa shape index (κ1) is 16.0. The van der Waals surface area contributed by atoms with E-state index in [1.54, 1.807) is 42.0 Å². The monoisotopic (exact) mass is 353 g/mol. The molecule has 1 atom stereocenters. The van der Waals surface area contributed by atoms with Crippen molar-refractivity contribution in [3.63, 3.8) is 0 Å². The van der Waals surface area contributed by atoms with Gasteiger partial charge >= 0.3 is 5.97 Å². The SMILES string of the molecule is Cc1c(F)cccc1C1(C(=O)O)C=C(c2ccc3scnc3c2)CC1. The zero-order valence-corrected chi connectivity index (χ0v) is 14.4. The van der Waals surface area contributed by atoms with Crippen LogP contribution < -0.4 is 0 Å². The second-order valence-electron chi connectivity index (χ2n) is 6.39. The summed E-state index contributed by atoms with van der Waals surface area (Å²) < 4.78 is 15.1. The Bertz CT molecular complexity index is 1020. The van der Waals surface area contributed by atoms with E-state index in [0.29, 0.717) is 24.0 Å². The van der Waals surface area contributed by atoms with E-state index < -0.39 is 11.4 Å². The predicted octanol–water partition coefficient (Wildman–Crippen LogP) is 4.94. The highest BCUT2D eigenvalue weighted by atomic mass is 32.1. The maximum atomic E-state index is 14.0. The van der Waals surface area contributed by atoms with E-state index in [2.05, 4.69) is 4.98 Å². The van der Waals surface area contributed by atoms with Crippen LogP contribution in [-0.2, 0) is 10.2 Å².